The molecule has 0 aliphatic heterocycles. The fourth-order valence-corrected chi connectivity index (χ4v) is 1.16. The molecule has 0 aromatic heterocycles. The molecule has 0 saturated heterocycles. The van der Waals surface area contributed by atoms with Gasteiger partial charge < -0.3 is 10.0 Å². The standard InChI is InChI=1S/C10H23NO/c1-5-9(2)8-10(12)6-7-11(3)4/h9-10,12H,5-8H2,1-4H3. The van der Waals surface area contributed by atoms with Crippen molar-refractivity contribution >= 4 is 0 Å². The van der Waals surface area contributed by atoms with Crippen molar-refractivity contribution in [3.63, 3.8) is 0 Å². The molecule has 0 aromatic carbocycles. The molecule has 2 heteroatoms. The van der Waals surface area contributed by atoms with Crippen LogP contribution < -0.4 is 0 Å². The van der Waals surface area contributed by atoms with Crippen molar-refractivity contribution < 1.29 is 5.11 Å². The number of aliphatic hydroxyl groups excluding tert-OH is 1. The van der Waals surface area contributed by atoms with Gasteiger partial charge >= 0.3 is 0 Å². The van der Waals surface area contributed by atoms with Crippen LogP contribution in [0.15, 0.2) is 0 Å². The number of aliphatic hydroxyl groups is 1. The summed E-state index contributed by atoms with van der Waals surface area (Å²) >= 11 is 0. The Balaban J connectivity index is 3.39. The summed E-state index contributed by atoms with van der Waals surface area (Å²) in [7, 11) is 4.08. The predicted molar refractivity (Wildman–Crippen MR) is 53.2 cm³/mol. The zero-order valence-corrected chi connectivity index (χ0v) is 8.88. The fraction of sp³-hybridized carbons (Fsp3) is 1.00. The highest BCUT2D eigenvalue weighted by atomic mass is 16.3. The molecule has 2 unspecified atom stereocenters. The first-order valence-corrected chi connectivity index (χ1v) is 4.89. The van der Waals surface area contributed by atoms with Gasteiger partial charge in [0.25, 0.3) is 0 Å². The summed E-state index contributed by atoms with van der Waals surface area (Å²) in [6.07, 6.45) is 2.91. The van der Waals surface area contributed by atoms with Crippen LogP contribution in [0.1, 0.15) is 33.1 Å². The van der Waals surface area contributed by atoms with Crippen LogP contribution in [-0.2, 0) is 0 Å². The molecule has 0 heterocycles. The maximum Gasteiger partial charge on any atom is 0.0555 e. The normalized spacial score (nSPS) is 16.5. The van der Waals surface area contributed by atoms with E-state index in [1.165, 1.54) is 6.42 Å². The molecule has 0 saturated carbocycles. The van der Waals surface area contributed by atoms with Crippen molar-refractivity contribution in [1.82, 2.24) is 4.90 Å². The minimum absolute atomic E-state index is 0.109. The summed E-state index contributed by atoms with van der Waals surface area (Å²) in [6.45, 7) is 5.35. The molecule has 0 aliphatic carbocycles. The quantitative estimate of drug-likeness (QED) is 0.661. The minimum atomic E-state index is -0.109. The van der Waals surface area contributed by atoms with Crippen molar-refractivity contribution in [2.75, 3.05) is 20.6 Å². The predicted octanol–water partition coefficient (Wildman–Crippen LogP) is 1.74. The van der Waals surface area contributed by atoms with Gasteiger partial charge in [-0.25, -0.2) is 0 Å². The average molecular weight is 173 g/mol. The zero-order valence-electron chi connectivity index (χ0n) is 8.88. The van der Waals surface area contributed by atoms with Crippen LogP contribution >= 0.6 is 0 Å². The lowest BCUT2D eigenvalue weighted by Crippen LogP contribution is -2.20. The third kappa shape index (κ3) is 6.62. The largest absolute Gasteiger partial charge is 0.393 e. The molecule has 0 rings (SSSR count). The van der Waals surface area contributed by atoms with Crippen LogP contribution in [-0.4, -0.2) is 36.8 Å². The van der Waals surface area contributed by atoms with E-state index in [0.717, 1.165) is 19.4 Å². The molecular weight excluding hydrogens is 150 g/mol. The van der Waals surface area contributed by atoms with E-state index in [-0.39, 0.29) is 6.10 Å². The number of hydrogen-bond acceptors (Lipinski definition) is 2. The third-order valence-electron chi connectivity index (χ3n) is 2.28. The molecule has 0 radical (unpaired) electrons. The Labute approximate surface area is 76.6 Å². The molecule has 12 heavy (non-hydrogen) atoms. The molecule has 0 amide bonds. The molecule has 0 spiro atoms. The Morgan fingerprint density at radius 3 is 2.33 bits per heavy atom. The van der Waals surface area contributed by atoms with Crippen LogP contribution in [0.4, 0.5) is 0 Å². The van der Waals surface area contributed by atoms with Crippen molar-refractivity contribution in [2.45, 2.75) is 39.2 Å². The molecule has 1 N–H and O–H groups in total. The van der Waals surface area contributed by atoms with Crippen LogP contribution in [0.2, 0.25) is 0 Å². The van der Waals surface area contributed by atoms with E-state index in [2.05, 4.69) is 18.7 Å². The van der Waals surface area contributed by atoms with E-state index in [1.807, 2.05) is 14.1 Å². The van der Waals surface area contributed by atoms with Gasteiger partial charge in [0.1, 0.15) is 0 Å². The maximum atomic E-state index is 9.57. The molecule has 0 aromatic rings. The Hall–Kier alpha value is -0.0800. The third-order valence-corrected chi connectivity index (χ3v) is 2.28. The molecule has 2 nitrogen and oxygen atoms in total. The number of hydrogen-bond donors (Lipinski definition) is 1. The SMILES string of the molecule is CCC(C)CC(O)CCN(C)C. The van der Waals surface area contributed by atoms with Crippen LogP contribution in [0.3, 0.4) is 0 Å². The van der Waals surface area contributed by atoms with Crippen molar-refractivity contribution in [3.8, 4) is 0 Å². The van der Waals surface area contributed by atoms with E-state index < -0.39 is 0 Å². The molecule has 0 aliphatic rings. The Kier molecular flexibility index (Phi) is 6.39. The van der Waals surface area contributed by atoms with Gasteiger partial charge in [-0.05, 0) is 39.4 Å². The lowest BCUT2D eigenvalue weighted by atomic mass is 9.99. The minimum Gasteiger partial charge on any atom is -0.393 e. The second-order valence-electron chi connectivity index (χ2n) is 3.99. The van der Waals surface area contributed by atoms with Crippen molar-refractivity contribution in [2.24, 2.45) is 5.92 Å². The van der Waals surface area contributed by atoms with Crippen LogP contribution in [0, 0.1) is 5.92 Å². The monoisotopic (exact) mass is 173 g/mol. The Morgan fingerprint density at radius 1 is 1.33 bits per heavy atom. The number of nitrogens with zero attached hydrogens (tertiary/aromatic N) is 1. The van der Waals surface area contributed by atoms with Gasteiger partial charge in [0.05, 0.1) is 6.10 Å². The van der Waals surface area contributed by atoms with Gasteiger partial charge in [-0.2, -0.15) is 0 Å². The fourth-order valence-electron chi connectivity index (χ4n) is 1.16. The lowest BCUT2D eigenvalue weighted by molar-refractivity contribution is 0.125. The lowest BCUT2D eigenvalue weighted by Gasteiger charge is -2.17. The van der Waals surface area contributed by atoms with Crippen molar-refractivity contribution in [1.29, 1.82) is 0 Å². The van der Waals surface area contributed by atoms with Gasteiger partial charge in [-0.3, -0.25) is 0 Å². The molecule has 0 bridgehead atoms. The van der Waals surface area contributed by atoms with Gasteiger partial charge in [0, 0.05) is 0 Å². The highest BCUT2D eigenvalue weighted by Gasteiger charge is 2.08. The summed E-state index contributed by atoms with van der Waals surface area (Å²) in [5.41, 5.74) is 0. The molecular formula is C10H23NO. The Bertz CT molecular complexity index is 104. The maximum absolute atomic E-state index is 9.57. The summed E-state index contributed by atoms with van der Waals surface area (Å²) < 4.78 is 0. The van der Waals surface area contributed by atoms with Gasteiger partial charge in [-0.1, -0.05) is 20.3 Å². The molecule has 0 fully saturated rings. The van der Waals surface area contributed by atoms with E-state index in [1.54, 1.807) is 0 Å². The molecule has 2 atom stereocenters. The van der Waals surface area contributed by atoms with Gasteiger partial charge in [0.15, 0.2) is 0 Å². The van der Waals surface area contributed by atoms with Crippen LogP contribution in [0.5, 0.6) is 0 Å². The molecule has 74 valence electrons. The summed E-state index contributed by atoms with van der Waals surface area (Å²) in [5.74, 6) is 0.655. The topological polar surface area (TPSA) is 23.5 Å². The van der Waals surface area contributed by atoms with Gasteiger partial charge in [0.2, 0.25) is 0 Å². The highest BCUT2D eigenvalue weighted by molar-refractivity contribution is 4.61. The second-order valence-corrected chi connectivity index (χ2v) is 3.99. The zero-order chi connectivity index (χ0) is 9.56. The first-order valence-electron chi connectivity index (χ1n) is 4.89. The van der Waals surface area contributed by atoms with Crippen LogP contribution in [0.25, 0.3) is 0 Å². The Morgan fingerprint density at radius 2 is 1.92 bits per heavy atom. The summed E-state index contributed by atoms with van der Waals surface area (Å²) in [5, 5.41) is 9.57. The van der Waals surface area contributed by atoms with Gasteiger partial charge in [-0.15, -0.1) is 0 Å². The van der Waals surface area contributed by atoms with Crippen molar-refractivity contribution in [3.05, 3.63) is 0 Å². The second kappa shape index (κ2) is 6.44. The van der Waals surface area contributed by atoms with E-state index >= 15 is 0 Å². The van der Waals surface area contributed by atoms with E-state index in [4.69, 9.17) is 0 Å². The first kappa shape index (κ1) is 11.9. The van der Waals surface area contributed by atoms with E-state index in [0.29, 0.717) is 5.92 Å². The number of rotatable bonds is 6. The summed E-state index contributed by atoms with van der Waals surface area (Å²) in [4.78, 5) is 2.11. The average Bonchev–Trinajstić information content (AvgIpc) is 2.00. The highest BCUT2D eigenvalue weighted by Crippen LogP contribution is 2.11. The summed E-state index contributed by atoms with van der Waals surface area (Å²) in [6, 6.07) is 0. The first-order chi connectivity index (χ1) is 5.56. The smallest absolute Gasteiger partial charge is 0.0555 e. The van der Waals surface area contributed by atoms with E-state index in [9.17, 15) is 5.11 Å².